The van der Waals surface area contributed by atoms with Crippen molar-refractivity contribution in [2.24, 2.45) is 10.9 Å². The third-order valence-corrected chi connectivity index (χ3v) is 5.33. The fraction of sp³-hybridized carbons (Fsp3) is 0.682. The zero-order valence-electron chi connectivity index (χ0n) is 17.6. The Morgan fingerprint density at radius 2 is 1.96 bits per heavy atom. The molecule has 0 radical (unpaired) electrons. The number of nitrogens with one attached hydrogen (secondary N) is 1. The minimum Gasteiger partial charge on any atom is -0.490 e. The van der Waals surface area contributed by atoms with E-state index in [4.69, 9.17) is 9.47 Å². The fourth-order valence-electron chi connectivity index (χ4n) is 4.00. The van der Waals surface area contributed by atoms with Gasteiger partial charge in [0.1, 0.15) is 11.9 Å². The van der Waals surface area contributed by atoms with E-state index in [0.717, 1.165) is 70.4 Å². The molecule has 2 aliphatic heterocycles. The summed E-state index contributed by atoms with van der Waals surface area (Å²) in [5, 5.41) is 3.53. The molecule has 2 aliphatic rings. The first-order chi connectivity index (χ1) is 13.6. The molecule has 156 valence electrons. The number of nitrogens with zero attached hydrogens (tertiary/aromatic N) is 3. The van der Waals surface area contributed by atoms with Gasteiger partial charge < -0.3 is 19.7 Å². The molecule has 0 spiro atoms. The van der Waals surface area contributed by atoms with Crippen molar-refractivity contribution in [1.29, 1.82) is 0 Å². The predicted octanol–water partition coefficient (Wildman–Crippen LogP) is 2.46. The molecule has 6 heteroatoms. The van der Waals surface area contributed by atoms with Gasteiger partial charge in [-0.2, -0.15) is 0 Å². The van der Waals surface area contributed by atoms with Crippen LogP contribution >= 0.6 is 0 Å². The van der Waals surface area contributed by atoms with Crippen LogP contribution in [0.15, 0.2) is 35.3 Å². The van der Waals surface area contributed by atoms with Crippen LogP contribution in [0.4, 0.5) is 0 Å². The van der Waals surface area contributed by atoms with Crippen LogP contribution in [0.3, 0.4) is 0 Å². The van der Waals surface area contributed by atoms with Crippen molar-refractivity contribution in [3.8, 4) is 5.75 Å². The highest BCUT2D eigenvalue weighted by molar-refractivity contribution is 5.80. The van der Waals surface area contributed by atoms with Gasteiger partial charge in [-0.1, -0.05) is 32.0 Å². The van der Waals surface area contributed by atoms with Crippen LogP contribution in [-0.2, 0) is 4.74 Å². The van der Waals surface area contributed by atoms with Crippen LogP contribution in [0, 0.1) is 5.92 Å². The van der Waals surface area contributed by atoms with Gasteiger partial charge in [-0.15, -0.1) is 0 Å². The summed E-state index contributed by atoms with van der Waals surface area (Å²) < 4.78 is 12.1. The lowest BCUT2D eigenvalue weighted by Gasteiger charge is -2.36. The molecule has 1 aromatic rings. The molecule has 0 amide bonds. The maximum atomic E-state index is 6.10. The van der Waals surface area contributed by atoms with E-state index in [1.807, 2.05) is 37.4 Å². The van der Waals surface area contributed by atoms with Crippen LogP contribution in [0.25, 0.3) is 0 Å². The van der Waals surface area contributed by atoms with Crippen LogP contribution in [-0.4, -0.2) is 80.9 Å². The summed E-state index contributed by atoms with van der Waals surface area (Å²) in [6.07, 6.45) is 2.53. The number of piperidine rings is 1. The molecule has 2 heterocycles. The van der Waals surface area contributed by atoms with Crippen molar-refractivity contribution < 1.29 is 9.47 Å². The molecule has 6 nitrogen and oxygen atoms in total. The molecule has 0 aromatic heterocycles. The van der Waals surface area contributed by atoms with Gasteiger partial charge in [0, 0.05) is 59.2 Å². The quantitative estimate of drug-likeness (QED) is 0.599. The van der Waals surface area contributed by atoms with E-state index in [9.17, 15) is 0 Å². The van der Waals surface area contributed by atoms with Gasteiger partial charge in [0.05, 0.1) is 12.7 Å². The molecule has 3 rings (SSSR count). The summed E-state index contributed by atoms with van der Waals surface area (Å²) in [6, 6.07) is 10.1. The Labute approximate surface area is 169 Å². The molecule has 0 saturated carbocycles. The Kier molecular flexibility index (Phi) is 7.98. The summed E-state index contributed by atoms with van der Waals surface area (Å²) >= 11 is 0. The maximum Gasteiger partial charge on any atom is 0.193 e. The van der Waals surface area contributed by atoms with Crippen LogP contribution < -0.4 is 10.1 Å². The summed E-state index contributed by atoms with van der Waals surface area (Å²) in [6.45, 7) is 11.3. The van der Waals surface area contributed by atoms with Crippen molar-refractivity contribution in [3.63, 3.8) is 0 Å². The predicted molar refractivity (Wildman–Crippen MR) is 114 cm³/mol. The average molecular weight is 389 g/mol. The smallest absolute Gasteiger partial charge is 0.193 e. The summed E-state index contributed by atoms with van der Waals surface area (Å²) in [4.78, 5) is 9.34. The molecule has 1 N–H and O–H groups in total. The van der Waals surface area contributed by atoms with Crippen molar-refractivity contribution in [2.45, 2.75) is 38.9 Å². The number of morpholine rings is 1. The second-order valence-corrected chi connectivity index (χ2v) is 8.19. The highest BCUT2D eigenvalue weighted by Crippen LogP contribution is 2.18. The van der Waals surface area contributed by atoms with E-state index in [0.29, 0.717) is 5.92 Å². The Morgan fingerprint density at radius 3 is 2.64 bits per heavy atom. The van der Waals surface area contributed by atoms with Crippen LogP contribution in [0.1, 0.15) is 26.7 Å². The first kappa shape index (κ1) is 20.9. The van der Waals surface area contributed by atoms with Crippen LogP contribution in [0.2, 0.25) is 0 Å². The second kappa shape index (κ2) is 10.7. The van der Waals surface area contributed by atoms with E-state index < -0.39 is 0 Å². The van der Waals surface area contributed by atoms with Gasteiger partial charge >= 0.3 is 0 Å². The summed E-state index contributed by atoms with van der Waals surface area (Å²) in [5.74, 6) is 2.63. The number of para-hydroxylation sites is 1. The number of hydrogen-bond donors (Lipinski definition) is 1. The topological polar surface area (TPSA) is 49.3 Å². The van der Waals surface area contributed by atoms with Crippen molar-refractivity contribution >= 4 is 5.96 Å². The number of benzene rings is 1. The third-order valence-electron chi connectivity index (χ3n) is 5.33. The van der Waals surface area contributed by atoms with Crippen LogP contribution in [0.5, 0.6) is 5.75 Å². The van der Waals surface area contributed by atoms with E-state index in [2.05, 4.69) is 34.0 Å². The summed E-state index contributed by atoms with van der Waals surface area (Å²) in [5.41, 5.74) is 0. The first-order valence-electron chi connectivity index (χ1n) is 10.6. The molecule has 0 bridgehead atoms. The molecule has 1 aromatic carbocycles. The lowest BCUT2D eigenvalue weighted by atomic mass is 10.1. The van der Waals surface area contributed by atoms with E-state index >= 15 is 0 Å². The molecule has 0 aliphatic carbocycles. The fourth-order valence-corrected chi connectivity index (χ4v) is 4.00. The third kappa shape index (κ3) is 6.38. The van der Waals surface area contributed by atoms with E-state index in [1.165, 1.54) is 0 Å². The zero-order chi connectivity index (χ0) is 19.8. The molecule has 1 atom stereocenters. The molecule has 2 fully saturated rings. The van der Waals surface area contributed by atoms with Gasteiger partial charge in [-0.25, -0.2) is 0 Å². The normalized spacial score (nSPS) is 22.5. The molecular formula is C22H36N4O2. The molecule has 28 heavy (non-hydrogen) atoms. The number of aliphatic imine (C=N–C) groups is 1. The maximum absolute atomic E-state index is 6.10. The van der Waals surface area contributed by atoms with Gasteiger partial charge in [-0.05, 0) is 18.1 Å². The Hall–Kier alpha value is -1.79. The van der Waals surface area contributed by atoms with Crippen molar-refractivity contribution in [2.75, 3.05) is 52.9 Å². The number of ether oxygens (including phenoxy) is 2. The van der Waals surface area contributed by atoms with Crippen molar-refractivity contribution in [1.82, 2.24) is 15.1 Å². The zero-order valence-corrected chi connectivity index (χ0v) is 17.6. The first-order valence-corrected chi connectivity index (χ1v) is 10.6. The minimum absolute atomic E-state index is 0.225. The SMILES string of the molecule is CN=C(NCC1CN(CC(C)C)CCO1)N1CCC(Oc2ccccc2)CC1. The number of guanidine groups is 1. The Balaban J connectivity index is 1.41. The highest BCUT2D eigenvalue weighted by Gasteiger charge is 2.25. The number of likely N-dealkylation sites (tertiary alicyclic amines) is 1. The van der Waals surface area contributed by atoms with Gasteiger partial charge in [0.15, 0.2) is 5.96 Å². The van der Waals surface area contributed by atoms with Gasteiger partial charge in [-0.3, -0.25) is 9.89 Å². The summed E-state index contributed by atoms with van der Waals surface area (Å²) in [7, 11) is 1.86. The van der Waals surface area contributed by atoms with E-state index in [-0.39, 0.29) is 12.2 Å². The molecular weight excluding hydrogens is 352 g/mol. The number of hydrogen-bond acceptors (Lipinski definition) is 4. The standard InChI is InChI=1S/C22H36N4O2/c1-18(2)16-25-13-14-27-21(17-25)15-24-22(23-3)26-11-9-20(10-12-26)28-19-7-5-4-6-8-19/h4-8,18,20-21H,9-17H2,1-3H3,(H,23,24). The average Bonchev–Trinajstić information content (AvgIpc) is 2.70. The van der Waals surface area contributed by atoms with Gasteiger partial charge in [0.25, 0.3) is 0 Å². The number of rotatable bonds is 6. The Bertz CT molecular complexity index is 600. The lowest BCUT2D eigenvalue weighted by Crippen LogP contribution is -2.52. The minimum atomic E-state index is 0.225. The van der Waals surface area contributed by atoms with Crippen molar-refractivity contribution in [3.05, 3.63) is 30.3 Å². The van der Waals surface area contributed by atoms with Gasteiger partial charge in [0.2, 0.25) is 0 Å². The molecule has 2 saturated heterocycles. The Morgan fingerprint density at radius 1 is 1.21 bits per heavy atom. The van der Waals surface area contributed by atoms with E-state index in [1.54, 1.807) is 0 Å². The molecule has 1 unspecified atom stereocenters. The largest absolute Gasteiger partial charge is 0.490 e. The lowest BCUT2D eigenvalue weighted by molar-refractivity contribution is -0.0287. The highest BCUT2D eigenvalue weighted by atomic mass is 16.5. The second-order valence-electron chi connectivity index (χ2n) is 8.19. The monoisotopic (exact) mass is 388 g/mol.